The van der Waals surface area contributed by atoms with E-state index >= 15 is 0 Å². The molecule has 2 aromatic rings. The fourth-order valence-electron chi connectivity index (χ4n) is 1.42. The van der Waals surface area contributed by atoms with Gasteiger partial charge in [0.2, 0.25) is 0 Å². The van der Waals surface area contributed by atoms with Crippen molar-refractivity contribution in [2.24, 2.45) is 0 Å². The summed E-state index contributed by atoms with van der Waals surface area (Å²) in [7, 11) is 0. The second-order valence-corrected chi connectivity index (χ2v) is 2.82. The van der Waals surface area contributed by atoms with Crippen molar-refractivity contribution in [2.75, 3.05) is 0 Å². The summed E-state index contributed by atoms with van der Waals surface area (Å²) in [5.74, 6) is 0. The molecule has 0 aliphatic heterocycles. The van der Waals surface area contributed by atoms with Gasteiger partial charge >= 0.3 is 0 Å². The van der Waals surface area contributed by atoms with Gasteiger partial charge in [-0.2, -0.15) is 0 Å². The zero-order valence-corrected chi connectivity index (χ0v) is 7.06. The zero-order chi connectivity index (χ0) is 10.1. The van der Waals surface area contributed by atoms with E-state index in [4.69, 9.17) is 0 Å². The number of hydrogen-bond donors (Lipinski definition) is 1. The predicted octanol–water partition coefficient (Wildman–Crippen LogP) is 1.89. The largest absolute Gasteiger partial charge is 0.358 e. The van der Waals surface area contributed by atoms with E-state index in [0.717, 1.165) is 0 Å². The summed E-state index contributed by atoms with van der Waals surface area (Å²) in [6.45, 7) is 0. The molecular formula is C9H6N2O3. The summed E-state index contributed by atoms with van der Waals surface area (Å²) in [6, 6.07) is 4.63. The average Bonchev–Trinajstić information content (AvgIpc) is 2.59. The van der Waals surface area contributed by atoms with Gasteiger partial charge in [0, 0.05) is 17.6 Å². The Morgan fingerprint density at radius 2 is 2.14 bits per heavy atom. The maximum atomic E-state index is 10.6. The molecule has 0 aliphatic rings. The van der Waals surface area contributed by atoms with Gasteiger partial charge in [0.1, 0.15) is 0 Å². The van der Waals surface area contributed by atoms with E-state index in [-0.39, 0.29) is 5.69 Å². The molecular weight excluding hydrogens is 184 g/mol. The van der Waals surface area contributed by atoms with Gasteiger partial charge in [-0.25, -0.2) is 0 Å². The number of fused-ring (bicyclic) bond motifs is 1. The van der Waals surface area contributed by atoms with Gasteiger partial charge in [0.05, 0.1) is 16.0 Å². The molecule has 2 rings (SSSR count). The van der Waals surface area contributed by atoms with E-state index in [1.54, 1.807) is 12.1 Å². The quantitative estimate of drug-likeness (QED) is 0.446. The Morgan fingerprint density at radius 1 is 1.36 bits per heavy atom. The molecule has 0 saturated carbocycles. The lowest BCUT2D eigenvalue weighted by atomic mass is 10.1. The first-order valence-corrected chi connectivity index (χ1v) is 3.93. The molecule has 1 N–H and O–H groups in total. The van der Waals surface area contributed by atoms with E-state index in [2.05, 4.69) is 4.98 Å². The first-order chi connectivity index (χ1) is 6.74. The van der Waals surface area contributed by atoms with Crippen LogP contribution in [-0.2, 0) is 0 Å². The van der Waals surface area contributed by atoms with Crippen LogP contribution in [0, 0.1) is 10.1 Å². The topological polar surface area (TPSA) is 76.0 Å². The minimum atomic E-state index is -0.468. The number of carbonyl (C=O) groups excluding carboxylic acids is 1. The van der Waals surface area contributed by atoms with Crippen LogP contribution in [0.4, 0.5) is 5.69 Å². The van der Waals surface area contributed by atoms with Gasteiger partial charge in [-0.1, -0.05) is 12.1 Å². The van der Waals surface area contributed by atoms with E-state index < -0.39 is 4.92 Å². The van der Waals surface area contributed by atoms with Crippen molar-refractivity contribution in [2.45, 2.75) is 0 Å². The highest BCUT2D eigenvalue weighted by molar-refractivity contribution is 6.01. The third-order valence-corrected chi connectivity index (χ3v) is 2.06. The molecule has 0 bridgehead atoms. The van der Waals surface area contributed by atoms with Crippen molar-refractivity contribution in [1.82, 2.24) is 4.98 Å². The summed E-state index contributed by atoms with van der Waals surface area (Å²) >= 11 is 0. The summed E-state index contributed by atoms with van der Waals surface area (Å²) < 4.78 is 0. The van der Waals surface area contributed by atoms with Gasteiger partial charge in [-0.3, -0.25) is 14.9 Å². The zero-order valence-electron chi connectivity index (χ0n) is 7.06. The highest BCUT2D eigenvalue weighted by Crippen LogP contribution is 2.26. The summed E-state index contributed by atoms with van der Waals surface area (Å²) in [5, 5.41) is 11.7. The molecule has 0 spiro atoms. The molecule has 0 radical (unpaired) electrons. The van der Waals surface area contributed by atoms with Crippen LogP contribution in [0.25, 0.3) is 10.8 Å². The first-order valence-electron chi connectivity index (χ1n) is 3.93. The van der Waals surface area contributed by atoms with Crippen molar-refractivity contribution >= 4 is 22.7 Å². The summed E-state index contributed by atoms with van der Waals surface area (Å²) in [5.41, 5.74) is 0.371. The highest BCUT2D eigenvalue weighted by Gasteiger charge is 2.13. The third kappa shape index (κ3) is 1.06. The van der Waals surface area contributed by atoms with E-state index in [9.17, 15) is 14.9 Å². The van der Waals surface area contributed by atoms with Crippen molar-refractivity contribution in [1.29, 1.82) is 0 Å². The molecule has 5 nitrogen and oxygen atoms in total. The Bertz CT molecular complexity index is 516. The molecule has 0 aliphatic carbocycles. The van der Waals surface area contributed by atoms with Gasteiger partial charge in [0.25, 0.3) is 5.69 Å². The van der Waals surface area contributed by atoms with Gasteiger partial charge in [-0.05, 0) is 0 Å². The van der Waals surface area contributed by atoms with Crippen LogP contribution >= 0.6 is 0 Å². The van der Waals surface area contributed by atoms with Crippen LogP contribution in [0.15, 0.2) is 24.4 Å². The van der Waals surface area contributed by atoms with E-state index in [1.165, 1.54) is 12.3 Å². The minimum Gasteiger partial charge on any atom is -0.358 e. The number of benzene rings is 1. The second-order valence-electron chi connectivity index (χ2n) is 2.82. The Kier molecular flexibility index (Phi) is 1.78. The van der Waals surface area contributed by atoms with E-state index in [0.29, 0.717) is 22.8 Å². The van der Waals surface area contributed by atoms with Crippen molar-refractivity contribution in [3.05, 3.63) is 40.2 Å². The van der Waals surface area contributed by atoms with Crippen molar-refractivity contribution in [3.8, 4) is 0 Å². The molecule has 0 fully saturated rings. The second kappa shape index (κ2) is 2.95. The number of rotatable bonds is 2. The predicted molar refractivity (Wildman–Crippen MR) is 50.3 cm³/mol. The number of aromatic amines is 1. The molecule has 0 atom stereocenters. The SMILES string of the molecule is O=Cc1[nH]cc2c([N+](=O)[O-])cccc12. The van der Waals surface area contributed by atoms with Crippen LogP contribution in [0.2, 0.25) is 0 Å². The molecule has 0 saturated heterocycles. The van der Waals surface area contributed by atoms with Crippen LogP contribution in [0.3, 0.4) is 0 Å². The molecule has 0 amide bonds. The van der Waals surface area contributed by atoms with Gasteiger partial charge < -0.3 is 4.98 Å². The average molecular weight is 190 g/mol. The first kappa shape index (κ1) is 8.43. The maximum Gasteiger partial charge on any atom is 0.278 e. The number of nitrogens with one attached hydrogen (secondary N) is 1. The fraction of sp³-hybridized carbons (Fsp3) is 0. The number of nitro groups is 1. The molecule has 1 aromatic heterocycles. The minimum absolute atomic E-state index is 0.00634. The number of H-pyrrole nitrogens is 1. The Balaban J connectivity index is 2.82. The van der Waals surface area contributed by atoms with Crippen molar-refractivity contribution in [3.63, 3.8) is 0 Å². The van der Waals surface area contributed by atoms with Gasteiger partial charge in [0.15, 0.2) is 6.29 Å². The number of nitrogens with zero attached hydrogens (tertiary/aromatic N) is 1. The lowest BCUT2D eigenvalue weighted by Crippen LogP contribution is -1.87. The van der Waals surface area contributed by atoms with Gasteiger partial charge in [-0.15, -0.1) is 0 Å². The molecule has 1 heterocycles. The lowest BCUT2D eigenvalue weighted by Gasteiger charge is -1.92. The third-order valence-electron chi connectivity index (χ3n) is 2.06. The monoisotopic (exact) mass is 190 g/mol. The number of non-ortho nitro benzene ring substituents is 1. The van der Waals surface area contributed by atoms with Crippen LogP contribution in [-0.4, -0.2) is 16.2 Å². The number of aldehydes is 1. The molecule has 70 valence electrons. The Hall–Kier alpha value is -2.17. The maximum absolute atomic E-state index is 10.6. The smallest absolute Gasteiger partial charge is 0.278 e. The number of carbonyl (C=O) groups is 1. The molecule has 5 heteroatoms. The standard InChI is InChI=1S/C9H6N2O3/c12-5-8-6-2-1-3-9(11(13)14)7(6)4-10-8/h1-5,10H. The van der Waals surface area contributed by atoms with E-state index in [1.807, 2.05) is 0 Å². The Morgan fingerprint density at radius 3 is 2.79 bits per heavy atom. The highest BCUT2D eigenvalue weighted by atomic mass is 16.6. The van der Waals surface area contributed by atoms with Crippen LogP contribution in [0.5, 0.6) is 0 Å². The number of nitro benzene ring substituents is 1. The van der Waals surface area contributed by atoms with Crippen LogP contribution in [0.1, 0.15) is 10.5 Å². The molecule has 0 unspecified atom stereocenters. The number of hydrogen-bond acceptors (Lipinski definition) is 3. The summed E-state index contributed by atoms with van der Waals surface area (Å²) in [6.07, 6.45) is 2.11. The Labute approximate surface area is 78.5 Å². The lowest BCUT2D eigenvalue weighted by molar-refractivity contribution is -0.383. The number of aromatic nitrogens is 1. The fourth-order valence-corrected chi connectivity index (χ4v) is 1.42. The summed E-state index contributed by atoms with van der Waals surface area (Å²) in [4.78, 5) is 23.4. The molecule has 1 aromatic carbocycles. The molecule has 14 heavy (non-hydrogen) atoms. The van der Waals surface area contributed by atoms with Crippen molar-refractivity contribution < 1.29 is 9.72 Å². The van der Waals surface area contributed by atoms with Crippen LogP contribution < -0.4 is 0 Å². The normalized spacial score (nSPS) is 10.3.